The third kappa shape index (κ3) is 4.25. The van der Waals surface area contributed by atoms with Gasteiger partial charge in [0.1, 0.15) is 0 Å². The van der Waals surface area contributed by atoms with Crippen LogP contribution < -0.4 is 5.32 Å². The molecule has 2 aromatic rings. The third-order valence-electron chi connectivity index (χ3n) is 4.74. The van der Waals surface area contributed by atoms with Crippen LogP contribution in [0.15, 0.2) is 58.5 Å². The fourth-order valence-corrected chi connectivity index (χ4v) is 4.71. The van der Waals surface area contributed by atoms with Crippen molar-refractivity contribution in [3.8, 4) is 0 Å². The molecule has 2 aliphatic heterocycles. The maximum atomic E-state index is 11.4. The Bertz CT molecular complexity index is 940. The lowest BCUT2D eigenvalue weighted by Gasteiger charge is -2.14. The third-order valence-corrected chi connectivity index (χ3v) is 6.33. The second-order valence-corrected chi connectivity index (χ2v) is 8.55. The molecule has 0 bridgehead atoms. The van der Waals surface area contributed by atoms with Gasteiger partial charge in [-0.15, -0.1) is 0 Å². The molecule has 4 rings (SSSR count). The van der Waals surface area contributed by atoms with Crippen molar-refractivity contribution in [2.24, 2.45) is 9.98 Å². The van der Waals surface area contributed by atoms with Crippen LogP contribution in [0, 0.1) is 0 Å². The van der Waals surface area contributed by atoms with Crippen molar-refractivity contribution >= 4 is 51.0 Å². The average molecular weight is 411 g/mol. The zero-order valence-electron chi connectivity index (χ0n) is 15.9. The highest BCUT2D eigenvalue weighted by molar-refractivity contribution is 8.14. The Hall–Kier alpha value is -2.25. The molecule has 0 radical (unpaired) electrons. The molecule has 0 amide bonds. The second-order valence-electron chi connectivity index (χ2n) is 6.70. The molecule has 2 aliphatic rings. The lowest BCUT2D eigenvalue weighted by atomic mass is 10.1. The fourth-order valence-electron chi connectivity index (χ4n) is 3.24. The number of rotatable bonds is 4. The lowest BCUT2D eigenvalue weighted by Crippen LogP contribution is -2.21. The molecule has 2 aromatic carbocycles. The molecule has 0 spiro atoms. The number of anilines is 1. The van der Waals surface area contributed by atoms with Crippen LogP contribution in [0.1, 0.15) is 28.9 Å². The minimum absolute atomic E-state index is 0.0601. The molecule has 1 unspecified atom stereocenters. The number of benzene rings is 2. The highest BCUT2D eigenvalue weighted by Crippen LogP contribution is 2.33. The first-order valence-electron chi connectivity index (χ1n) is 9.18. The number of nitrogens with one attached hydrogen (secondary N) is 1. The van der Waals surface area contributed by atoms with Crippen LogP contribution in [0.5, 0.6) is 0 Å². The summed E-state index contributed by atoms with van der Waals surface area (Å²) in [6.45, 7) is 3.64. The Morgan fingerprint density at radius 2 is 2.11 bits per heavy atom. The SMILES string of the molecule is CSC(=Nc1ccc(C(C)=O)cc1)Nc1cccc(C2CN3CCSC3=N2)c1. The van der Waals surface area contributed by atoms with Crippen LogP contribution in [0.25, 0.3) is 0 Å². The van der Waals surface area contributed by atoms with E-state index in [0.29, 0.717) is 5.56 Å². The predicted octanol–water partition coefficient (Wildman–Crippen LogP) is 4.81. The van der Waals surface area contributed by atoms with E-state index in [4.69, 9.17) is 4.99 Å². The maximum Gasteiger partial charge on any atom is 0.165 e. The van der Waals surface area contributed by atoms with E-state index < -0.39 is 0 Å². The Kier molecular flexibility index (Phi) is 5.73. The summed E-state index contributed by atoms with van der Waals surface area (Å²) in [6, 6.07) is 16.0. The van der Waals surface area contributed by atoms with E-state index in [1.54, 1.807) is 18.7 Å². The Balaban J connectivity index is 1.49. The zero-order chi connectivity index (χ0) is 19.5. The number of Topliss-reactive ketones (excluding diaryl/α,β-unsaturated/α-hetero) is 1. The Morgan fingerprint density at radius 1 is 1.29 bits per heavy atom. The smallest absolute Gasteiger partial charge is 0.165 e. The van der Waals surface area contributed by atoms with Gasteiger partial charge in [-0.3, -0.25) is 9.79 Å². The number of nitrogens with zero attached hydrogens (tertiary/aromatic N) is 3. The first-order valence-corrected chi connectivity index (χ1v) is 11.4. The van der Waals surface area contributed by atoms with E-state index in [-0.39, 0.29) is 11.8 Å². The summed E-state index contributed by atoms with van der Waals surface area (Å²) in [6.07, 6.45) is 1.99. The topological polar surface area (TPSA) is 57.1 Å². The number of aliphatic imine (C=N–C) groups is 2. The van der Waals surface area contributed by atoms with Gasteiger partial charge in [-0.05, 0) is 55.1 Å². The van der Waals surface area contributed by atoms with Gasteiger partial charge in [0.15, 0.2) is 16.1 Å². The molecule has 0 aromatic heterocycles. The van der Waals surface area contributed by atoms with E-state index in [0.717, 1.165) is 35.4 Å². The van der Waals surface area contributed by atoms with E-state index in [2.05, 4.69) is 33.4 Å². The average Bonchev–Trinajstić information content (AvgIpc) is 3.30. The number of thioether (sulfide) groups is 2. The number of ketones is 1. The fraction of sp³-hybridized carbons (Fsp3) is 0.286. The number of carbonyl (C=O) groups excluding carboxylic acids is 1. The minimum atomic E-state index is 0.0601. The Labute approximate surface area is 173 Å². The summed E-state index contributed by atoms with van der Waals surface area (Å²) < 4.78 is 0. The molecule has 28 heavy (non-hydrogen) atoms. The maximum absolute atomic E-state index is 11.4. The highest BCUT2D eigenvalue weighted by Gasteiger charge is 2.30. The van der Waals surface area contributed by atoms with E-state index in [1.165, 1.54) is 10.7 Å². The van der Waals surface area contributed by atoms with Crippen LogP contribution >= 0.6 is 23.5 Å². The first-order chi connectivity index (χ1) is 13.6. The lowest BCUT2D eigenvalue weighted by molar-refractivity contribution is 0.101. The minimum Gasteiger partial charge on any atom is -0.348 e. The molecule has 1 saturated heterocycles. The molecular formula is C21H22N4OS2. The molecule has 144 valence electrons. The monoisotopic (exact) mass is 410 g/mol. The molecule has 0 saturated carbocycles. The van der Waals surface area contributed by atoms with Crippen molar-refractivity contribution in [1.82, 2.24) is 4.90 Å². The summed E-state index contributed by atoms with van der Waals surface area (Å²) in [5.41, 5.74) is 3.74. The molecule has 5 nitrogen and oxygen atoms in total. The van der Waals surface area contributed by atoms with Crippen molar-refractivity contribution in [1.29, 1.82) is 0 Å². The highest BCUT2D eigenvalue weighted by atomic mass is 32.2. The quantitative estimate of drug-likeness (QED) is 0.445. The van der Waals surface area contributed by atoms with Gasteiger partial charge in [0, 0.05) is 30.1 Å². The van der Waals surface area contributed by atoms with Gasteiger partial charge in [0.2, 0.25) is 0 Å². The van der Waals surface area contributed by atoms with Crippen LogP contribution in [0.4, 0.5) is 11.4 Å². The number of fused-ring (bicyclic) bond motifs is 1. The zero-order valence-corrected chi connectivity index (χ0v) is 17.5. The van der Waals surface area contributed by atoms with Crippen LogP contribution in [-0.2, 0) is 0 Å². The van der Waals surface area contributed by atoms with Gasteiger partial charge in [0.25, 0.3) is 0 Å². The molecule has 1 atom stereocenters. The van der Waals surface area contributed by atoms with Gasteiger partial charge < -0.3 is 10.2 Å². The van der Waals surface area contributed by atoms with Gasteiger partial charge in [0.05, 0.1) is 11.7 Å². The predicted molar refractivity (Wildman–Crippen MR) is 121 cm³/mol. The normalized spacial score (nSPS) is 18.8. The second kappa shape index (κ2) is 8.41. The standard InChI is InChI=1S/C21H22N4OS2/c1-14(26)15-6-8-17(9-7-15)22-20(27-2)23-18-5-3-4-16(12-18)19-13-25-10-11-28-21(25)24-19/h3-9,12,19H,10-11,13H2,1-2H3,(H,22,23). The summed E-state index contributed by atoms with van der Waals surface area (Å²) >= 11 is 3.41. The van der Waals surface area contributed by atoms with Crippen molar-refractivity contribution < 1.29 is 4.79 Å². The first kappa shape index (κ1) is 19.1. The molecule has 2 heterocycles. The molecule has 1 fully saturated rings. The van der Waals surface area contributed by atoms with Crippen LogP contribution in [-0.4, -0.2) is 46.1 Å². The van der Waals surface area contributed by atoms with Crippen LogP contribution in [0.3, 0.4) is 0 Å². The molecule has 0 aliphatic carbocycles. The van der Waals surface area contributed by atoms with Crippen molar-refractivity contribution in [2.45, 2.75) is 13.0 Å². The number of hydrogen-bond donors (Lipinski definition) is 1. The van der Waals surface area contributed by atoms with Crippen molar-refractivity contribution in [3.63, 3.8) is 0 Å². The van der Waals surface area contributed by atoms with Crippen molar-refractivity contribution in [2.75, 3.05) is 30.4 Å². The van der Waals surface area contributed by atoms with E-state index in [1.807, 2.05) is 48.3 Å². The number of amidine groups is 2. The molecule has 7 heteroatoms. The van der Waals surface area contributed by atoms with Gasteiger partial charge in [-0.25, -0.2) is 4.99 Å². The van der Waals surface area contributed by atoms with Gasteiger partial charge >= 0.3 is 0 Å². The molecular weight excluding hydrogens is 388 g/mol. The number of hydrogen-bond acceptors (Lipinski definition) is 6. The Morgan fingerprint density at radius 3 is 2.82 bits per heavy atom. The van der Waals surface area contributed by atoms with Gasteiger partial charge in [-0.2, -0.15) is 0 Å². The summed E-state index contributed by atoms with van der Waals surface area (Å²) in [5.74, 6) is 1.21. The van der Waals surface area contributed by atoms with Gasteiger partial charge in [-0.1, -0.05) is 35.7 Å². The summed E-state index contributed by atoms with van der Waals surface area (Å²) in [4.78, 5) is 23.3. The number of carbonyl (C=O) groups is 1. The van der Waals surface area contributed by atoms with Crippen LogP contribution in [0.2, 0.25) is 0 Å². The van der Waals surface area contributed by atoms with E-state index in [9.17, 15) is 4.79 Å². The summed E-state index contributed by atoms with van der Waals surface area (Å²) in [5, 5.41) is 5.40. The molecule has 1 N–H and O–H groups in total. The largest absolute Gasteiger partial charge is 0.348 e. The summed E-state index contributed by atoms with van der Waals surface area (Å²) in [7, 11) is 0. The van der Waals surface area contributed by atoms with Crippen molar-refractivity contribution in [3.05, 3.63) is 59.7 Å². The van der Waals surface area contributed by atoms with E-state index >= 15 is 0 Å².